The molecular formula is C12H11N3O3. The molecule has 92 valence electrons. The quantitative estimate of drug-likeness (QED) is 0.832. The summed E-state index contributed by atoms with van der Waals surface area (Å²) in [6, 6.07) is 4.96. The smallest absolute Gasteiger partial charge is 0.305 e. The Balaban J connectivity index is 2.10. The molecule has 6 heteroatoms. The van der Waals surface area contributed by atoms with E-state index in [0.717, 1.165) is 0 Å². The predicted molar refractivity (Wildman–Crippen MR) is 64.1 cm³/mol. The maximum Gasteiger partial charge on any atom is 0.305 e. The van der Waals surface area contributed by atoms with Crippen LogP contribution in [0.1, 0.15) is 16.8 Å². The first-order chi connectivity index (χ1) is 8.66. The summed E-state index contributed by atoms with van der Waals surface area (Å²) in [7, 11) is 0. The molecule has 0 fully saturated rings. The molecule has 0 atom stereocenters. The molecule has 0 aliphatic carbocycles. The van der Waals surface area contributed by atoms with Crippen LogP contribution in [0.4, 0.5) is 0 Å². The molecule has 0 bridgehead atoms. The van der Waals surface area contributed by atoms with Gasteiger partial charge in [0.15, 0.2) is 0 Å². The molecule has 1 heterocycles. The third kappa shape index (κ3) is 2.79. The molecule has 18 heavy (non-hydrogen) atoms. The second-order valence-corrected chi connectivity index (χ2v) is 3.66. The lowest BCUT2D eigenvalue weighted by Gasteiger charge is -2.04. The summed E-state index contributed by atoms with van der Waals surface area (Å²) in [4.78, 5) is 30.2. The normalized spacial score (nSPS) is 10.2. The third-order valence-electron chi connectivity index (χ3n) is 2.36. The maximum atomic E-state index is 11.7. The van der Waals surface area contributed by atoms with E-state index in [1.54, 1.807) is 30.6 Å². The third-order valence-corrected chi connectivity index (χ3v) is 2.36. The van der Waals surface area contributed by atoms with Crippen LogP contribution >= 0.6 is 0 Å². The highest BCUT2D eigenvalue weighted by Gasteiger charge is 2.07. The monoisotopic (exact) mass is 245 g/mol. The Morgan fingerprint density at radius 3 is 2.61 bits per heavy atom. The number of carbonyl (C=O) groups excluding carboxylic acids is 1. The zero-order valence-electron chi connectivity index (χ0n) is 9.46. The van der Waals surface area contributed by atoms with Gasteiger partial charge in [-0.05, 0) is 18.2 Å². The molecule has 0 saturated carbocycles. The van der Waals surface area contributed by atoms with E-state index in [1.807, 2.05) is 0 Å². The Labute approximate surface area is 103 Å². The van der Waals surface area contributed by atoms with Crippen molar-refractivity contribution in [2.75, 3.05) is 6.54 Å². The molecule has 0 aliphatic heterocycles. The number of nitrogens with one attached hydrogen (secondary N) is 1. The van der Waals surface area contributed by atoms with Crippen LogP contribution in [0.3, 0.4) is 0 Å². The van der Waals surface area contributed by atoms with Gasteiger partial charge in [0.25, 0.3) is 5.91 Å². The minimum Gasteiger partial charge on any atom is -0.481 e. The summed E-state index contributed by atoms with van der Waals surface area (Å²) in [5, 5.41) is 11.0. The summed E-state index contributed by atoms with van der Waals surface area (Å²) < 4.78 is 0. The van der Waals surface area contributed by atoms with Crippen LogP contribution in [0.2, 0.25) is 0 Å². The molecule has 6 nitrogen and oxygen atoms in total. The van der Waals surface area contributed by atoms with Gasteiger partial charge in [-0.2, -0.15) is 0 Å². The number of fused-ring (bicyclic) bond motifs is 1. The Kier molecular flexibility index (Phi) is 3.47. The van der Waals surface area contributed by atoms with Gasteiger partial charge in [-0.1, -0.05) is 0 Å². The van der Waals surface area contributed by atoms with Crippen molar-refractivity contribution in [1.29, 1.82) is 0 Å². The van der Waals surface area contributed by atoms with Crippen molar-refractivity contribution in [2.24, 2.45) is 0 Å². The van der Waals surface area contributed by atoms with Gasteiger partial charge in [-0.25, -0.2) is 0 Å². The van der Waals surface area contributed by atoms with Crippen LogP contribution < -0.4 is 5.32 Å². The van der Waals surface area contributed by atoms with E-state index < -0.39 is 5.97 Å². The molecule has 2 aromatic rings. The van der Waals surface area contributed by atoms with Gasteiger partial charge < -0.3 is 10.4 Å². The van der Waals surface area contributed by atoms with Crippen molar-refractivity contribution in [3.63, 3.8) is 0 Å². The number of carboxylic acid groups (broad SMARTS) is 1. The van der Waals surface area contributed by atoms with Crippen molar-refractivity contribution < 1.29 is 14.7 Å². The number of amides is 1. The molecule has 0 radical (unpaired) electrons. The summed E-state index contributed by atoms with van der Waals surface area (Å²) in [6.45, 7) is 0.104. The molecule has 0 saturated heterocycles. The van der Waals surface area contributed by atoms with E-state index in [9.17, 15) is 9.59 Å². The van der Waals surface area contributed by atoms with Gasteiger partial charge in [-0.15, -0.1) is 0 Å². The zero-order valence-corrected chi connectivity index (χ0v) is 9.46. The Morgan fingerprint density at radius 1 is 1.17 bits per heavy atom. The fraction of sp³-hybridized carbons (Fsp3) is 0.167. The number of benzene rings is 1. The number of rotatable bonds is 4. The summed E-state index contributed by atoms with van der Waals surface area (Å²) in [6.07, 6.45) is 3.03. The first kappa shape index (κ1) is 12.0. The molecule has 0 unspecified atom stereocenters. The number of carbonyl (C=O) groups is 2. The van der Waals surface area contributed by atoms with Crippen LogP contribution in [-0.4, -0.2) is 33.5 Å². The van der Waals surface area contributed by atoms with Crippen molar-refractivity contribution in [3.05, 3.63) is 36.2 Å². The Morgan fingerprint density at radius 2 is 1.89 bits per heavy atom. The van der Waals surface area contributed by atoms with E-state index in [-0.39, 0.29) is 18.9 Å². The molecule has 1 aromatic heterocycles. The molecule has 2 N–H and O–H groups in total. The largest absolute Gasteiger partial charge is 0.481 e. The Hall–Kier alpha value is -2.50. The number of hydrogen-bond acceptors (Lipinski definition) is 4. The number of aromatic nitrogens is 2. The second kappa shape index (κ2) is 5.22. The lowest BCUT2D eigenvalue weighted by atomic mass is 10.2. The first-order valence-corrected chi connectivity index (χ1v) is 5.37. The fourth-order valence-corrected chi connectivity index (χ4v) is 1.49. The summed E-state index contributed by atoms with van der Waals surface area (Å²) in [5.74, 6) is -1.26. The zero-order chi connectivity index (χ0) is 13.0. The SMILES string of the molecule is O=C(O)CCNC(=O)c1ccc2nccnc2c1. The van der Waals surface area contributed by atoms with Crippen LogP contribution in [0.25, 0.3) is 11.0 Å². The van der Waals surface area contributed by atoms with Gasteiger partial charge in [0.1, 0.15) is 0 Å². The molecule has 0 spiro atoms. The van der Waals surface area contributed by atoms with Crippen LogP contribution in [0.15, 0.2) is 30.6 Å². The number of nitrogens with zero attached hydrogens (tertiary/aromatic N) is 2. The topological polar surface area (TPSA) is 92.2 Å². The van der Waals surface area contributed by atoms with E-state index in [2.05, 4.69) is 15.3 Å². The molecular weight excluding hydrogens is 234 g/mol. The Bertz CT molecular complexity index is 598. The number of aliphatic carboxylic acids is 1. The minimum atomic E-state index is -0.945. The van der Waals surface area contributed by atoms with E-state index in [0.29, 0.717) is 16.6 Å². The lowest BCUT2D eigenvalue weighted by molar-refractivity contribution is -0.136. The van der Waals surface area contributed by atoms with E-state index in [4.69, 9.17) is 5.11 Å². The lowest BCUT2D eigenvalue weighted by Crippen LogP contribution is -2.25. The standard InChI is InChI=1S/C12H11N3O3/c16-11(17)3-4-15-12(18)8-1-2-9-10(7-8)14-6-5-13-9/h1-2,5-7H,3-4H2,(H,15,18)(H,16,17). The van der Waals surface area contributed by atoms with Gasteiger partial charge in [-0.3, -0.25) is 19.6 Å². The maximum absolute atomic E-state index is 11.7. The van der Waals surface area contributed by atoms with Crippen LogP contribution in [0, 0.1) is 0 Å². The second-order valence-electron chi connectivity index (χ2n) is 3.66. The van der Waals surface area contributed by atoms with Gasteiger partial charge in [0, 0.05) is 24.5 Å². The van der Waals surface area contributed by atoms with Gasteiger partial charge in [0.05, 0.1) is 17.5 Å². The highest BCUT2D eigenvalue weighted by Crippen LogP contribution is 2.10. The number of carboxylic acids is 1. The van der Waals surface area contributed by atoms with Crippen molar-refractivity contribution in [3.8, 4) is 0 Å². The van der Waals surface area contributed by atoms with Gasteiger partial charge >= 0.3 is 5.97 Å². The average Bonchev–Trinajstić information content (AvgIpc) is 2.37. The van der Waals surface area contributed by atoms with E-state index >= 15 is 0 Å². The van der Waals surface area contributed by atoms with Crippen LogP contribution in [0.5, 0.6) is 0 Å². The molecule has 2 rings (SSSR count). The number of hydrogen-bond donors (Lipinski definition) is 2. The highest BCUT2D eigenvalue weighted by molar-refractivity contribution is 5.97. The van der Waals surface area contributed by atoms with Crippen molar-refractivity contribution in [2.45, 2.75) is 6.42 Å². The van der Waals surface area contributed by atoms with Crippen molar-refractivity contribution in [1.82, 2.24) is 15.3 Å². The molecule has 1 aromatic carbocycles. The summed E-state index contributed by atoms with van der Waals surface area (Å²) in [5.41, 5.74) is 1.77. The van der Waals surface area contributed by atoms with E-state index in [1.165, 1.54) is 0 Å². The average molecular weight is 245 g/mol. The van der Waals surface area contributed by atoms with Gasteiger partial charge in [0.2, 0.25) is 0 Å². The highest BCUT2D eigenvalue weighted by atomic mass is 16.4. The first-order valence-electron chi connectivity index (χ1n) is 5.37. The predicted octanol–water partition coefficient (Wildman–Crippen LogP) is 0.834. The van der Waals surface area contributed by atoms with Crippen LogP contribution in [-0.2, 0) is 4.79 Å². The fourth-order valence-electron chi connectivity index (χ4n) is 1.49. The summed E-state index contributed by atoms with van der Waals surface area (Å²) >= 11 is 0. The minimum absolute atomic E-state index is 0.0981. The molecule has 0 aliphatic rings. The van der Waals surface area contributed by atoms with Crippen molar-refractivity contribution >= 4 is 22.9 Å². The molecule has 1 amide bonds.